The Hall–Kier alpha value is -3.01. The molecule has 0 saturated heterocycles. The molecule has 1 amide bonds. The van der Waals surface area contributed by atoms with Gasteiger partial charge in [-0.3, -0.25) is 15.0 Å². The first-order chi connectivity index (χ1) is 12.9. The van der Waals surface area contributed by atoms with Gasteiger partial charge in [-0.1, -0.05) is 12.1 Å². The number of carbonyl (C=O) groups excluding carboxylic acids is 2. The van der Waals surface area contributed by atoms with Crippen LogP contribution in [-0.2, 0) is 5.54 Å². The standard InChI is InChI=1S/C17H16F3N5O2/c18-10-4-2-9(3-5-10)17(6-1-7-17)24-16-22-8-11(15(27)25-21)12(23-16)13(26)14(19)20/h2-5,8,14H,1,6-7,21H2,(H,25,27)(H,22,23,24). The van der Waals surface area contributed by atoms with E-state index >= 15 is 0 Å². The minimum absolute atomic E-state index is 0.0865. The quantitative estimate of drug-likeness (QED) is 0.307. The number of carbonyl (C=O) groups is 2. The molecule has 1 fully saturated rings. The van der Waals surface area contributed by atoms with Crippen molar-refractivity contribution in [2.45, 2.75) is 31.2 Å². The minimum atomic E-state index is -3.34. The van der Waals surface area contributed by atoms with Crippen LogP contribution < -0.4 is 16.6 Å². The van der Waals surface area contributed by atoms with Crippen LogP contribution in [0.4, 0.5) is 19.1 Å². The maximum absolute atomic E-state index is 13.2. The molecule has 1 aliphatic carbocycles. The molecule has 0 radical (unpaired) electrons. The molecule has 1 aliphatic rings. The minimum Gasteiger partial charge on any atom is -0.345 e. The average molecular weight is 379 g/mol. The van der Waals surface area contributed by atoms with E-state index in [0.29, 0.717) is 12.8 Å². The van der Waals surface area contributed by atoms with Gasteiger partial charge < -0.3 is 5.32 Å². The summed E-state index contributed by atoms with van der Waals surface area (Å²) in [5, 5.41) is 3.04. The highest BCUT2D eigenvalue weighted by Gasteiger charge is 2.39. The number of nitrogen functional groups attached to an aromatic ring is 1. The fourth-order valence-electron chi connectivity index (χ4n) is 2.98. The number of Topliss-reactive ketones (excluding diaryl/α,β-unsaturated/α-hetero) is 1. The zero-order valence-electron chi connectivity index (χ0n) is 14.0. The van der Waals surface area contributed by atoms with Crippen LogP contribution in [0.2, 0.25) is 0 Å². The van der Waals surface area contributed by atoms with Gasteiger partial charge in [-0.15, -0.1) is 0 Å². The third-order valence-electron chi connectivity index (χ3n) is 4.55. The van der Waals surface area contributed by atoms with Crippen molar-refractivity contribution in [3.8, 4) is 0 Å². The number of amides is 1. The van der Waals surface area contributed by atoms with Crippen molar-refractivity contribution in [1.82, 2.24) is 15.4 Å². The second kappa shape index (κ2) is 7.31. The SMILES string of the molecule is NNC(=O)c1cnc(NC2(c3ccc(F)cc3)CCC2)nc1C(=O)C(F)F. The zero-order chi connectivity index (χ0) is 19.6. The monoisotopic (exact) mass is 379 g/mol. The number of alkyl halides is 2. The summed E-state index contributed by atoms with van der Waals surface area (Å²) in [6, 6.07) is 5.86. The van der Waals surface area contributed by atoms with Crippen LogP contribution in [0.5, 0.6) is 0 Å². The molecule has 142 valence electrons. The third kappa shape index (κ3) is 3.61. The van der Waals surface area contributed by atoms with Crippen LogP contribution >= 0.6 is 0 Å². The molecular weight excluding hydrogens is 363 g/mol. The van der Waals surface area contributed by atoms with E-state index in [-0.39, 0.29) is 11.8 Å². The van der Waals surface area contributed by atoms with E-state index in [0.717, 1.165) is 18.2 Å². The number of hydrazine groups is 1. The normalized spacial score (nSPS) is 15.1. The smallest absolute Gasteiger partial charge is 0.302 e. The molecule has 27 heavy (non-hydrogen) atoms. The van der Waals surface area contributed by atoms with Crippen molar-refractivity contribution >= 4 is 17.6 Å². The van der Waals surface area contributed by atoms with Crippen LogP contribution in [0.1, 0.15) is 45.7 Å². The molecule has 1 aromatic heterocycles. The van der Waals surface area contributed by atoms with Gasteiger partial charge in [-0.05, 0) is 37.0 Å². The molecule has 3 rings (SSSR count). The number of rotatable bonds is 6. The number of nitrogens with zero attached hydrogens (tertiary/aromatic N) is 2. The molecule has 1 heterocycles. The van der Waals surface area contributed by atoms with E-state index in [1.165, 1.54) is 12.1 Å². The van der Waals surface area contributed by atoms with Gasteiger partial charge >= 0.3 is 6.43 Å². The zero-order valence-corrected chi connectivity index (χ0v) is 14.0. The summed E-state index contributed by atoms with van der Waals surface area (Å²) in [7, 11) is 0. The highest BCUT2D eigenvalue weighted by atomic mass is 19.3. The number of benzene rings is 1. The molecule has 1 aromatic carbocycles. The maximum Gasteiger partial charge on any atom is 0.302 e. The third-order valence-corrected chi connectivity index (χ3v) is 4.55. The lowest BCUT2D eigenvalue weighted by atomic mass is 9.72. The number of ketones is 1. The molecule has 0 atom stereocenters. The predicted molar refractivity (Wildman–Crippen MR) is 89.6 cm³/mol. The highest BCUT2D eigenvalue weighted by Crippen LogP contribution is 2.43. The molecule has 1 saturated carbocycles. The van der Waals surface area contributed by atoms with Crippen LogP contribution in [0.3, 0.4) is 0 Å². The van der Waals surface area contributed by atoms with Crippen LogP contribution in [0, 0.1) is 5.82 Å². The lowest BCUT2D eigenvalue weighted by molar-refractivity contribution is 0.0669. The summed E-state index contributed by atoms with van der Waals surface area (Å²) in [5.74, 6) is 1.97. The number of hydrogen-bond acceptors (Lipinski definition) is 6. The van der Waals surface area contributed by atoms with Crippen molar-refractivity contribution < 1.29 is 22.8 Å². The largest absolute Gasteiger partial charge is 0.345 e. The van der Waals surface area contributed by atoms with Crippen molar-refractivity contribution in [3.63, 3.8) is 0 Å². The van der Waals surface area contributed by atoms with Gasteiger partial charge in [0.25, 0.3) is 5.91 Å². The number of nitrogens with two attached hydrogens (primary N) is 1. The van der Waals surface area contributed by atoms with E-state index in [9.17, 15) is 22.8 Å². The van der Waals surface area contributed by atoms with Crippen LogP contribution in [0.15, 0.2) is 30.5 Å². The molecular formula is C17H16F3N5O2. The van der Waals surface area contributed by atoms with E-state index in [2.05, 4.69) is 15.3 Å². The first kappa shape index (κ1) is 18.8. The molecule has 2 aromatic rings. The van der Waals surface area contributed by atoms with Gasteiger partial charge in [0.05, 0.1) is 11.1 Å². The molecule has 0 unspecified atom stereocenters. The van der Waals surface area contributed by atoms with Crippen molar-refractivity contribution in [2.24, 2.45) is 5.84 Å². The molecule has 0 spiro atoms. The number of halogens is 3. The first-order valence-corrected chi connectivity index (χ1v) is 8.11. The lowest BCUT2D eigenvalue weighted by Gasteiger charge is -2.43. The van der Waals surface area contributed by atoms with Crippen molar-refractivity contribution in [3.05, 3.63) is 53.1 Å². The van der Waals surface area contributed by atoms with Crippen molar-refractivity contribution in [2.75, 3.05) is 5.32 Å². The van der Waals surface area contributed by atoms with Gasteiger partial charge in [0, 0.05) is 6.20 Å². The Balaban J connectivity index is 1.96. The van der Waals surface area contributed by atoms with E-state index < -0.39 is 34.9 Å². The van der Waals surface area contributed by atoms with Gasteiger partial charge in [-0.2, -0.15) is 0 Å². The topological polar surface area (TPSA) is 110 Å². The van der Waals surface area contributed by atoms with E-state index in [4.69, 9.17) is 5.84 Å². The Morgan fingerprint density at radius 1 is 1.19 bits per heavy atom. The summed E-state index contributed by atoms with van der Waals surface area (Å²) in [6.07, 6.45) is -0.117. The summed E-state index contributed by atoms with van der Waals surface area (Å²) < 4.78 is 39.0. The number of anilines is 1. The summed E-state index contributed by atoms with van der Waals surface area (Å²) in [4.78, 5) is 31.3. The Bertz CT molecular complexity index is 869. The molecule has 0 aliphatic heterocycles. The summed E-state index contributed by atoms with van der Waals surface area (Å²) in [6.45, 7) is 0. The van der Waals surface area contributed by atoms with E-state index in [1.54, 1.807) is 17.6 Å². The lowest BCUT2D eigenvalue weighted by Crippen LogP contribution is -2.43. The Labute approximate surface area is 152 Å². The second-order valence-corrected chi connectivity index (χ2v) is 6.16. The number of nitrogens with one attached hydrogen (secondary N) is 2. The van der Waals surface area contributed by atoms with Crippen LogP contribution in [0.25, 0.3) is 0 Å². The van der Waals surface area contributed by atoms with Gasteiger partial charge in [0.2, 0.25) is 11.7 Å². The average Bonchev–Trinajstić information content (AvgIpc) is 2.64. The fourth-order valence-corrected chi connectivity index (χ4v) is 2.98. The Kier molecular flexibility index (Phi) is 5.08. The fraction of sp³-hybridized carbons (Fsp3) is 0.294. The second-order valence-electron chi connectivity index (χ2n) is 6.16. The van der Waals surface area contributed by atoms with Gasteiger partial charge in [0.15, 0.2) is 0 Å². The van der Waals surface area contributed by atoms with Crippen molar-refractivity contribution in [1.29, 1.82) is 0 Å². The maximum atomic E-state index is 13.2. The summed E-state index contributed by atoms with van der Waals surface area (Å²) in [5.41, 5.74) is 0.776. The van der Waals surface area contributed by atoms with E-state index in [1.807, 2.05) is 0 Å². The first-order valence-electron chi connectivity index (χ1n) is 8.11. The molecule has 0 bridgehead atoms. The Morgan fingerprint density at radius 2 is 1.85 bits per heavy atom. The number of aromatic nitrogens is 2. The Morgan fingerprint density at radius 3 is 2.37 bits per heavy atom. The predicted octanol–water partition coefficient (Wildman–Crippen LogP) is 2.16. The molecule has 10 heteroatoms. The molecule has 4 N–H and O–H groups in total. The number of hydrogen-bond donors (Lipinski definition) is 3. The highest BCUT2D eigenvalue weighted by molar-refractivity contribution is 6.07. The molecule has 7 nitrogen and oxygen atoms in total. The van der Waals surface area contributed by atoms with Crippen LogP contribution in [-0.4, -0.2) is 28.1 Å². The summed E-state index contributed by atoms with van der Waals surface area (Å²) >= 11 is 0. The van der Waals surface area contributed by atoms with Gasteiger partial charge in [0.1, 0.15) is 11.5 Å². The van der Waals surface area contributed by atoms with Gasteiger partial charge in [-0.25, -0.2) is 29.0 Å².